The number of rotatable bonds is 6. The molecule has 1 aliphatic rings. The first-order valence-corrected chi connectivity index (χ1v) is 7.28. The van der Waals surface area contributed by atoms with Gasteiger partial charge in [0.15, 0.2) is 11.5 Å². The third-order valence-corrected chi connectivity index (χ3v) is 2.87. The zero-order chi connectivity index (χ0) is 15.5. The van der Waals surface area contributed by atoms with Crippen molar-refractivity contribution in [3.05, 3.63) is 24.3 Å². The third-order valence-electron chi connectivity index (χ3n) is 2.57. The van der Waals surface area contributed by atoms with E-state index in [1.165, 1.54) is 0 Å². The molecule has 0 aliphatic carbocycles. The molecule has 1 aliphatic heterocycles. The SMILES string of the molecule is CCOC(=O)CCCC(=O)CCl.c1ccc2c(c1)OCO2. The number of alkyl halides is 1. The van der Waals surface area contributed by atoms with Crippen LogP contribution in [0.4, 0.5) is 0 Å². The maximum atomic E-state index is 10.7. The first kappa shape index (κ1) is 17.3. The number of Topliss-reactive ketones (excluding diaryl/α,β-unsaturated/α-hetero) is 1. The van der Waals surface area contributed by atoms with E-state index in [2.05, 4.69) is 4.74 Å². The molecular formula is C15H19ClO5. The van der Waals surface area contributed by atoms with E-state index in [0.29, 0.717) is 32.7 Å². The molecule has 2 rings (SSSR count). The van der Waals surface area contributed by atoms with E-state index in [0.717, 1.165) is 11.5 Å². The van der Waals surface area contributed by atoms with Crippen LogP contribution in [0.1, 0.15) is 26.2 Å². The topological polar surface area (TPSA) is 61.8 Å². The Hall–Kier alpha value is -1.75. The standard InChI is InChI=1S/C8H13ClO3.C7H6O2/c1-2-12-8(11)5-3-4-7(10)6-9;1-2-4-7-6(3-1)8-5-9-7/h2-6H2,1H3;1-4H,5H2. The van der Waals surface area contributed by atoms with E-state index in [9.17, 15) is 9.59 Å². The number of carbonyl (C=O) groups is 2. The van der Waals surface area contributed by atoms with Crippen molar-refractivity contribution in [1.29, 1.82) is 0 Å². The average Bonchev–Trinajstić information content (AvgIpc) is 2.96. The summed E-state index contributed by atoms with van der Waals surface area (Å²) in [6.07, 6.45) is 1.20. The van der Waals surface area contributed by atoms with E-state index >= 15 is 0 Å². The minimum Gasteiger partial charge on any atom is -0.466 e. The zero-order valence-electron chi connectivity index (χ0n) is 12.0. The molecule has 0 unspecified atom stereocenters. The van der Waals surface area contributed by atoms with E-state index < -0.39 is 0 Å². The highest BCUT2D eigenvalue weighted by molar-refractivity contribution is 6.27. The van der Waals surface area contributed by atoms with Gasteiger partial charge in [-0.1, -0.05) is 12.1 Å². The van der Waals surface area contributed by atoms with Crippen molar-refractivity contribution >= 4 is 23.4 Å². The summed E-state index contributed by atoms with van der Waals surface area (Å²) in [5.41, 5.74) is 0. The van der Waals surface area contributed by atoms with Crippen molar-refractivity contribution in [1.82, 2.24) is 0 Å². The Kier molecular flexibility index (Phi) is 8.28. The van der Waals surface area contributed by atoms with Gasteiger partial charge in [0, 0.05) is 12.8 Å². The molecule has 0 saturated carbocycles. The number of hydrogen-bond donors (Lipinski definition) is 0. The molecule has 6 heteroatoms. The van der Waals surface area contributed by atoms with Gasteiger partial charge in [-0.2, -0.15) is 0 Å². The van der Waals surface area contributed by atoms with Crippen molar-refractivity contribution in [3.63, 3.8) is 0 Å². The fourth-order valence-corrected chi connectivity index (χ4v) is 1.71. The lowest BCUT2D eigenvalue weighted by molar-refractivity contribution is -0.143. The first-order chi connectivity index (χ1) is 10.2. The molecule has 0 N–H and O–H groups in total. The van der Waals surface area contributed by atoms with Crippen LogP contribution in [0.5, 0.6) is 11.5 Å². The van der Waals surface area contributed by atoms with Crippen molar-refractivity contribution in [3.8, 4) is 11.5 Å². The van der Waals surface area contributed by atoms with Crippen molar-refractivity contribution in [2.75, 3.05) is 19.3 Å². The van der Waals surface area contributed by atoms with Crippen LogP contribution in [0.25, 0.3) is 0 Å². The summed E-state index contributed by atoms with van der Waals surface area (Å²) in [6, 6.07) is 7.63. The molecule has 0 bridgehead atoms. The largest absolute Gasteiger partial charge is 0.466 e. The average molecular weight is 315 g/mol. The van der Waals surface area contributed by atoms with Crippen LogP contribution in [0.2, 0.25) is 0 Å². The summed E-state index contributed by atoms with van der Waals surface area (Å²) in [7, 11) is 0. The molecule has 1 aromatic rings. The number of benzene rings is 1. The zero-order valence-corrected chi connectivity index (χ0v) is 12.7. The van der Waals surface area contributed by atoms with Crippen molar-refractivity contribution in [2.45, 2.75) is 26.2 Å². The molecule has 0 spiro atoms. The number of carbonyl (C=O) groups excluding carboxylic acids is 2. The van der Waals surface area contributed by atoms with Crippen LogP contribution in [-0.4, -0.2) is 31.0 Å². The van der Waals surface area contributed by atoms with Crippen molar-refractivity contribution in [2.24, 2.45) is 0 Å². The highest BCUT2D eigenvalue weighted by atomic mass is 35.5. The van der Waals surface area contributed by atoms with Gasteiger partial charge in [0.25, 0.3) is 0 Å². The first-order valence-electron chi connectivity index (χ1n) is 6.75. The monoisotopic (exact) mass is 314 g/mol. The Morgan fingerprint density at radius 3 is 2.33 bits per heavy atom. The van der Waals surface area contributed by atoms with Gasteiger partial charge in [-0.15, -0.1) is 11.6 Å². The number of ether oxygens (including phenoxy) is 3. The molecule has 5 nitrogen and oxygen atoms in total. The molecule has 0 amide bonds. The van der Waals surface area contributed by atoms with Gasteiger partial charge >= 0.3 is 5.97 Å². The van der Waals surface area contributed by atoms with Crippen LogP contribution in [0.3, 0.4) is 0 Å². The fraction of sp³-hybridized carbons (Fsp3) is 0.467. The maximum absolute atomic E-state index is 10.7. The Labute approximate surface area is 129 Å². The van der Waals surface area contributed by atoms with Gasteiger partial charge in [0.1, 0.15) is 5.78 Å². The van der Waals surface area contributed by atoms with Gasteiger partial charge in [-0.05, 0) is 25.5 Å². The van der Waals surface area contributed by atoms with Crippen LogP contribution < -0.4 is 9.47 Å². The molecule has 116 valence electrons. The Bertz CT molecular complexity index is 438. The number of esters is 1. The number of ketones is 1. The molecule has 0 saturated heterocycles. The van der Waals surface area contributed by atoms with Gasteiger partial charge in [0.2, 0.25) is 6.79 Å². The number of para-hydroxylation sites is 2. The molecule has 1 aromatic carbocycles. The molecule has 0 radical (unpaired) electrons. The summed E-state index contributed by atoms with van der Waals surface area (Å²) in [5, 5.41) is 0. The Morgan fingerprint density at radius 2 is 1.81 bits per heavy atom. The molecule has 21 heavy (non-hydrogen) atoms. The number of hydrogen-bond acceptors (Lipinski definition) is 5. The van der Waals surface area contributed by atoms with E-state index in [1.807, 2.05) is 24.3 Å². The van der Waals surface area contributed by atoms with Crippen LogP contribution >= 0.6 is 11.6 Å². The minimum absolute atomic E-state index is 0.0269. The summed E-state index contributed by atoms with van der Waals surface area (Å²) < 4.78 is 14.8. The Morgan fingerprint density at radius 1 is 1.19 bits per heavy atom. The highest BCUT2D eigenvalue weighted by Crippen LogP contribution is 2.30. The smallest absolute Gasteiger partial charge is 0.305 e. The number of halogens is 1. The normalized spacial score (nSPS) is 11.3. The molecular weight excluding hydrogens is 296 g/mol. The van der Waals surface area contributed by atoms with Gasteiger partial charge < -0.3 is 14.2 Å². The van der Waals surface area contributed by atoms with Gasteiger partial charge in [-0.3, -0.25) is 9.59 Å². The lowest BCUT2D eigenvalue weighted by atomic mass is 10.2. The second kappa shape index (κ2) is 10.0. The quantitative estimate of drug-likeness (QED) is 0.597. The summed E-state index contributed by atoms with van der Waals surface area (Å²) >= 11 is 5.26. The molecule has 0 aromatic heterocycles. The molecule has 0 atom stereocenters. The lowest BCUT2D eigenvalue weighted by Gasteiger charge is -1.99. The summed E-state index contributed by atoms with van der Waals surface area (Å²) in [4.78, 5) is 21.4. The number of fused-ring (bicyclic) bond motifs is 1. The minimum atomic E-state index is -0.250. The molecule has 1 heterocycles. The van der Waals surface area contributed by atoms with Crippen molar-refractivity contribution < 1.29 is 23.8 Å². The fourth-order valence-electron chi connectivity index (χ4n) is 1.57. The second-order valence-corrected chi connectivity index (χ2v) is 4.45. The van der Waals surface area contributed by atoms with E-state index in [4.69, 9.17) is 21.1 Å². The third kappa shape index (κ3) is 6.99. The van der Waals surface area contributed by atoms with Gasteiger partial charge in [0.05, 0.1) is 12.5 Å². The lowest BCUT2D eigenvalue weighted by Crippen LogP contribution is -2.05. The van der Waals surface area contributed by atoms with Crippen LogP contribution in [0, 0.1) is 0 Å². The van der Waals surface area contributed by atoms with Crippen LogP contribution in [0.15, 0.2) is 24.3 Å². The summed E-state index contributed by atoms with van der Waals surface area (Å²) in [6.45, 7) is 2.50. The van der Waals surface area contributed by atoms with E-state index in [1.54, 1.807) is 6.92 Å². The highest BCUT2D eigenvalue weighted by Gasteiger charge is 2.09. The van der Waals surface area contributed by atoms with Crippen LogP contribution in [-0.2, 0) is 14.3 Å². The molecule has 0 fully saturated rings. The maximum Gasteiger partial charge on any atom is 0.305 e. The summed E-state index contributed by atoms with van der Waals surface area (Å²) in [5.74, 6) is 1.44. The van der Waals surface area contributed by atoms with E-state index in [-0.39, 0.29) is 17.6 Å². The predicted octanol–water partition coefficient (Wildman–Crippen LogP) is 2.94. The Balaban J connectivity index is 0.000000216. The van der Waals surface area contributed by atoms with Gasteiger partial charge in [-0.25, -0.2) is 0 Å². The second-order valence-electron chi connectivity index (χ2n) is 4.18. The predicted molar refractivity (Wildman–Crippen MR) is 78.8 cm³/mol.